The molecule has 1 rings (SSSR count). The number of aliphatic hydroxyl groups excluding tert-OH is 1. The van der Waals surface area contributed by atoms with Crippen LogP contribution in [0.4, 0.5) is 4.39 Å². The van der Waals surface area contributed by atoms with Crippen LogP contribution in [0.25, 0.3) is 0 Å². The van der Waals surface area contributed by atoms with Crippen LogP contribution in [-0.4, -0.2) is 24.2 Å². The SMILES string of the molecule is O=C(NCCCCO)c1ccc(F)cc1. The average molecular weight is 211 g/mol. The van der Waals surface area contributed by atoms with Gasteiger partial charge in [-0.05, 0) is 37.1 Å². The average Bonchev–Trinajstić information content (AvgIpc) is 2.25. The van der Waals surface area contributed by atoms with Crippen molar-refractivity contribution in [3.63, 3.8) is 0 Å². The minimum absolute atomic E-state index is 0.131. The summed E-state index contributed by atoms with van der Waals surface area (Å²) in [6, 6.07) is 5.39. The van der Waals surface area contributed by atoms with Crippen molar-refractivity contribution >= 4 is 5.91 Å². The van der Waals surface area contributed by atoms with Gasteiger partial charge in [-0.2, -0.15) is 0 Å². The van der Waals surface area contributed by atoms with Gasteiger partial charge in [-0.3, -0.25) is 4.79 Å². The standard InChI is InChI=1S/C11H14FNO2/c12-10-5-3-9(4-6-10)11(15)13-7-1-2-8-14/h3-6,14H,1-2,7-8H2,(H,13,15). The summed E-state index contributed by atoms with van der Waals surface area (Å²) >= 11 is 0. The molecule has 0 heterocycles. The fourth-order valence-electron chi connectivity index (χ4n) is 1.14. The van der Waals surface area contributed by atoms with Crippen LogP contribution in [0.15, 0.2) is 24.3 Å². The highest BCUT2D eigenvalue weighted by atomic mass is 19.1. The van der Waals surface area contributed by atoms with Crippen LogP contribution < -0.4 is 5.32 Å². The molecule has 3 nitrogen and oxygen atoms in total. The highest BCUT2D eigenvalue weighted by Gasteiger charge is 2.03. The fourth-order valence-corrected chi connectivity index (χ4v) is 1.14. The second kappa shape index (κ2) is 6.14. The van der Waals surface area contributed by atoms with Gasteiger partial charge < -0.3 is 10.4 Å². The lowest BCUT2D eigenvalue weighted by atomic mass is 10.2. The second-order valence-corrected chi connectivity index (χ2v) is 3.19. The molecule has 0 fully saturated rings. The maximum Gasteiger partial charge on any atom is 0.251 e. The van der Waals surface area contributed by atoms with Crippen LogP contribution in [0.3, 0.4) is 0 Å². The maximum atomic E-state index is 12.5. The van der Waals surface area contributed by atoms with E-state index in [0.29, 0.717) is 18.5 Å². The maximum absolute atomic E-state index is 12.5. The van der Waals surface area contributed by atoms with Crippen LogP contribution >= 0.6 is 0 Å². The topological polar surface area (TPSA) is 49.3 Å². The number of carbonyl (C=O) groups is 1. The Morgan fingerprint density at radius 3 is 2.53 bits per heavy atom. The van der Waals surface area contributed by atoms with Crippen LogP contribution in [0, 0.1) is 5.82 Å². The number of nitrogens with one attached hydrogen (secondary N) is 1. The number of halogens is 1. The van der Waals surface area contributed by atoms with E-state index in [9.17, 15) is 9.18 Å². The summed E-state index contributed by atoms with van der Waals surface area (Å²) in [5, 5.41) is 11.2. The van der Waals surface area contributed by atoms with E-state index in [1.165, 1.54) is 24.3 Å². The molecular weight excluding hydrogens is 197 g/mol. The van der Waals surface area contributed by atoms with Gasteiger partial charge in [-0.1, -0.05) is 0 Å². The molecule has 82 valence electrons. The van der Waals surface area contributed by atoms with Crippen LogP contribution in [0.5, 0.6) is 0 Å². The molecule has 0 bridgehead atoms. The van der Waals surface area contributed by atoms with Gasteiger partial charge >= 0.3 is 0 Å². The Kier molecular flexibility index (Phi) is 4.77. The minimum atomic E-state index is -0.355. The molecule has 0 aliphatic carbocycles. The third-order valence-electron chi connectivity index (χ3n) is 1.98. The Morgan fingerprint density at radius 2 is 1.93 bits per heavy atom. The quantitative estimate of drug-likeness (QED) is 0.722. The summed E-state index contributed by atoms with van der Waals surface area (Å²) in [5.74, 6) is -0.570. The van der Waals surface area contributed by atoms with Crippen molar-refractivity contribution in [2.24, 2.45) is 0 Å². The predicted octanol–water partition coefficient (Wildman–Crippen LogP) is 1.33. The van der Waals surface area contributed by atoms with Gasteiger partial charge in [0.1, 0.15) is 5.82 Å². The molecule has 0 saturated carbocycles. The molecule has 1 amide bonds. The number of aliphatic hydroxyl groups is 1. The van der Waals surface area contributed by atoms with E-state index in [0.717, 1.165) is 6.42 Å². The molecule has 4 heteroatoms. The van der Waals surface area contributed by atoms with E-state index in [4.69, 9.17) is 5.11 Å². The lowest BCUT2D eigenvalue weighted by Gasteiger charge is -2.04. The van der Waals surface area contributed by atoms with Crippen LogP contribution in [0.2, 0.25) is 0 Å². The zero-order valence-corrected chi connectivity index (χ0v) is 8.37. The molecule has 0 radical (unpaired) electrons. The molecule has 0 spiro atoms. The third kappa shape index (κ3) is 4.08. The Labute approximate surface area is 87.9 Å². The molecular formula is C11H14FNO2. The van der Waals surface area contributed by atoms with Crippen molar-refractivity contribution in [3.8, 4) is 0 Å². The van der Waals surface area contributed by atoms with Crippen LogP contribution in [0.1, 0.15) is 23.2 Å². The van der Waals surface area contributed by atoms with Gasteiger partial charge in [0.15, 0.2) is 0 Å². The number of hydrogen-bond acceptors (Lipinski definition) is 2. The van der Waals surface area contributed by atoms with Gasteiger partial charge in [0.2, 0.25) is 0 Å². The second-order valence-electron chi connectivity index (χ2n) is 3.19. The number of unbranched alkanes of at least 4 members (excludes halogenated alkanes) is 1. The summed E-state index contributed by atoms with van der Waals surface area (Å²) in [7, 11) is 0. The third-order valence-corrected chi connectivity index (χ3v) is 1.98. The Balaban J connectivity index is 2.37. The zero-order valence-electron chi connectivity index (χ0n) is 8.37. The molecule has 1 aromatic rings. The smallest absolute Gasteiger partial charge is 0.251 e. The van der Waals surface area contributed by atoms with Crippen molar-refractivity contribution in [2.45, 2.75) is 12.8 Å². The molecule has 0 unspecified atom stereocenters. The highest BCUT2D eigenvalue weighted by molar-refractivity contribution is 5.94. The van der Waals surface area contributed by atoms with Crippen molar-refractivity contribution in [2.75, 3.05) is 13.2 Å². The predicted molar refractivity (Wildman–Crippen MR) is 55.1 cm³/mol. The van der Waals surface area contributed by atoms with Gasteiger partial charge in [-0.25, -0.2) is 4.39 Å². The number of amides is 1. The lowest BCUT2D eigenvalue weighted by Crippen LogP contribution is -2.24. The molecule has 1 aromatic carbocycles. The minimum Gasteiger partial charge on any atom is -0.396 e. The van der Waals surface area contributed by atoms with E-state index in [1.54, 1.807) is 0 Å². The van der Waals surface area contributed by atoms with Gasteiger partial charge in [0.05, 0.1) is 0 Å². The molecule has 0 saturated heterocycles. The van der Waals surface area contributed by atoms with Crippen LogP contribution in [-0.2, 0) is 0 Å². The summed E-state index contributed by atoms with van der Waals surface area (Å²) in [5.41, 5.74) is 0.445. The molecule has 2 N–H and O–H groups in total. The van der Waals surface area contributed by atoms with E-state index in [1.807, 2.05) is 0 Å². The van der Waals surface area contributed by atoms with E-state index >= 15 is 0 Å². The number of carbonyl (C=O) groups excluding carboxylic acids is 1. The fraction of sp³-hybridized carbons (Fsp3) is 0.364. The van der Waals surface area contributed by atoms with Crippen molar-refractivity contribution in [1.82, 2.24) is 5.32 Å². The Bertz CT molecular complexity index is 311. The summed E-state index contributed by atoms with van der Waals surface area (Å²) < 4.78 is 12.5. The van der Waals surface area contributed by atoms with Gasteiger partial charge in [0.25, 0.3) is 5.91 Å². The van der Waals surface area contributed by atoms with Crippen molar-refractivity contribution in [1.29, 1.82) is 0 Å². The molecule has 0 aliphatic heterocycles. The largest absolute Gasteiger partial charge is 0.396 e. The highest BCUT2D eigenvalue weighted by Crippen LogP contribution is 2.02. The van der Waals surface area contributed by atoms with Gasteiger partial charge in [0, 0.05) is 18.7 Å². The Hall–Kier alpha value is -1.42. The first-order valence-corrected chi connectivity index (χ1v) is 4.88. The van der Waals surface area contributed by atoms with E-state index < -0.39 is 0 Å². The van der Waals surface area contributed by atoms with Gasteiger partial charge in [-0.15, -0.1) is 0 Å². The molecule has 15 heavy (non-hydrogen) atoms. The first kappa shape index (κ1) is 11.7. The van der Waals surface area contributed by atoms with E-state index in [2.05, 4.69) is 5.32 Å². The number of hydrogen-bond donors (Lipinski definition) is 2. The summed E-state index contributed by atoms with van der Waals surface area (Å²) in [4.78, 5) is 11.4. The summed E-state index contributed by atoms with van der Waals surface area (Å²) in [6.45, 7) is 0.656. The number of benzene rings is 1. The number of rotatable bonds is 5. The Morgan fingerprint density at radius 1 is 1.27 bits per heavy atom. The van der Waals surface area contributed by atoms with Crippen molar-refractivity contribution in [3.05, 3.63) is 35.6 Å². The molecule has 0 atom stereocenters. The zero-order chi connectivity index (χ0) is 11.1. The van der Waals surface area contributed by atoms with Crippen molar-refractivity contribution < 1.29 is 14.3 Å². The van der Waals surface area contributed by atoms with E-state index in [-0.39, 0.29) is 18.3 Å². The lowest BCUT2D eigenvalue weighted by molar-refractivity contribution is 0.0952. The molecule has 0 aliphatic rings. The first-order valence-electron chi connectivity index (χ1n) is 4.88. The monoisotopic (exact) mass is 211 g/mol. The first-order chi connectivity index (χ1) is 7.24. The molecule has 0 aromatic heterocycles. The normalized spacial score (nSPS) is 10.0. The summed E-state index contributed by atoms with van der Waals surface area (Å²) in [6.07, 6.45) is 1.41.